The van der Waals surface area contributed by atoms with Crippen LogP contribution in [0.4, 0.5) is 0 Å². The van der Waals surface area contributed by atoms with Crippen LogP contribution < -0.4 is 5.32 Å². The number of carbonyl (C=O) groups excluding carboxylic acids is 1. The van der Waals surface area contributed by atoms with Gasteiger partial charge in [-0.15, -0.1) is 0 Å². The Hall–Kier alpha value is -0.610. The molecule has 0 rings (SSSR count). The van der Waals surface area contributed by atoms with Crippen LogP contribution in [0.3, 0.4) is 0 Å². The van der Waals surface area contributed by atoms with Gasteiger partial charge in [-0.2, -0.15) is 0 Å². The number of rotatable bonds is 36. The molecule has 4 nitrogen and oxygen atoms in total. The lowest BCUT2D eigenvalue weighted by molar-refractivity contribution is -0.123. The minimum atomic E-state index is -0.651. The van der Waals surface area contributed by atoms with E-state index in [1.165, 1.54) is 173 Å². The summed E-state index contributed by atoms with van der Waals surface area (Å²) in [5.74, 6) is -0.0323. The fraction of sp³-hybridized carbons (Fsp3) is 0.974. The summed E-state index contributed by atoms with van der Waals surface area (Å²) in [7, 11) is 0. The zero-order valence-electron chi connectivity index (χ0n) is 29.5. The van der Waals surface area contributed by atoms with Crippen molar-refractivity contribution in [2.24, 2.45) is 0 Å². The quantitative estimate of drug-likeness (QED) is 0.0619. The van der Waals surface area contributed by atoms with Crippen LogP contribution in [0.25, 0.3) is 0 Å². The van der Waals surface area contributed by atoms with Gasteiger partial charge in [0, 0.05) is 6.42 Å². The Labute approximate surface area is 270 Å². The van der Waals surface area contributed by atoms with Crippen molar-refractivity contribution in [1.82, 2.24) is 5.32 Å². The monoisotopic (exact) mass is 610 g/mol. The van der Waals surface area contributed by atoms with Crippen LogP contribution in [-0.4, -0.2) is 34.9 Å². The lowest BCUT2D eigenvalue weighted by Gasteiger charge is -2.22. The number of aliphatic hydroxyl groups excluding tert-OH is 2. The fourth-order valence-electron chi connectivity index (χ4n) is 6.30. The molecule has 0 aliphatic heterocycles. The molecule has 2 atom stereocenters. The molecule has 0 radical (unpaired) electrons. The Balaban J connectivity index is 3.43. The number of hydrogen-bond donors (Lipinski definition) is 3. The molecular formula is C39H79NO3. The molecule has 0 heterocycles. The summed E-state index contributed by atoms with van der Waals surface area (Å²) in [4.78, 5) is 12.3. The predicted molar refractivity (Wildman–Crippen MR) is 189 cm³/mol. The third-order valence-electron chi connectivity index (χ3n) is 9.37. The van der Waals surface area contributed by atoms with Crippen LogP contribution in [0, 0.1) is 0 Å². The molecule has 0 aliphatic rings. The maximum atomic E-state index is 12.3. The highest BCUT2D eigenvalue weighted by atomic mass is 16.3. The standard InChI is InChI=1S/C39H79NO3/c1-3-5-7-9-11-13-14-15-16-17-18-19-20-21-22-23-24-25-27-28-30-32-34-38(42)37(36-41)40-39(43)35-33-31-29-26-12-10-8-6-4-2/h37-38,41-42H,3-36H2,1-2H3,(H,40,43). The molecule has 4 heteroatoms. The van der Waals surface area contributed by atoms with Gasteiger partial charge in [0.25, 0.3) is 0 Å². The first kappa shape index (κ1) is 42.4. The van der Waals surface area contributed by atoms with E-state index in [1.807, 2.05) is 0 Å². The Morgan fingerprint density at radius 3 is 1.05 bits per heavy atom. The molecular weight excluding hydrogens is 530 g/mol. The van der Waals surface area contributed by atoms with Gasteiger partial charge >= 0.3 is 0 Å². The van der Waals surface area contributed by atoms with Gasteiger partial charge < -0.3 is 15.5 Å². The van der Waals surface area contributed by atoms with Crippen molar-refractivity contribution in [3.8, 4) is 0 Å². The lowest BCUT2D eigenvalue weighted by Crippen LogP contribution is -2.45. The summed E-state index contributed by atoms with van der Waals surface area (Å²) in [5.41, 5.74) is 0. The van der Waals surface area contributed by atoms with Crippen LogP contribution in [0.2, 0.25) is 0 Å². The van der Waals surface area contributed by atoms with Crippen molar-refractivity contribution < 1.29 is 15.0 Å². The molecule has 1 amide bonds. The van der Waals surface area contributed by atoms with Crippen molar-refractivity contribution in [3.63, 3.8) is 0 Å². The number of amides is 1. The highest BCUT2D eigenvalue weighted by molar-refractivity contribution is 5.76. The van der Waals surface area contributed by atoms with Gasteiger partial charge in [-0.25, -0.2) is 0 Å². The summed E-state index contributed by atoms with van der Waals surface area (Å²) in [5, 5.41) is 23.0. The summed E-state index contributed by atoms with van der Waals surface area (Å²) in [6.45, 7) is 4.35. The maximum Gasteiger partial charge on any atom is 0.220 e. The molecule has 0 aromatic heterocycles. The topological polar surface area (TPSA) is 69.6 Å². The summed E-state index contributed by atoms with van der Waals surface area (Å²) >= 11 is 0. The lowest BCUT2D eigenvalue weighted by atomic mass is 10.0. The van der Waals surface area contributed by atoms with E-state index in [0.29, 0.717) is 12.8 Å². The maximum absolute atomic E-state index is 12.3. The zero-order chi connectivity index (χ0) is 31.5. The first-order valence-corrected chi connectivity index (χ1v) is 19.7. The predicted octanol–water partition coefficient (Wildman–Crippen LogP) is 11.7. The van der Waals surface area contributed by atoms with E-state index in [2.05, 4.69) is 19.2 Å². The second-order valence-electron chi connectivity index (χ2n) is 13.7. The number of carbonyl (C=O) groups is 1. The van der Waals surface area contributed by atoms with Crippen LogP contribution >= 0.6 is 0 Å². The van der Waals surface area contributed by atoms with E-state index in [-0.39, 0.29) is 12.5 Å². The van der Waals surface area contributed by atoms with E-state index in [0.717, 1.165) is 25.7 Å². The molecule has 2 unspecified atom stereocenters. The van der Waals surface area contributed by atoms with Crippen molar-refractivity contribution >= 4 is 5.91 Å². The Morgan fingerprint density at radius 2 is 0.744 bits per heavy atom. The van der Waals surface area contributed by atoms with E-state index in [1.54, 1.807) is 0 Å². The van der Waals surface area contributed by atoms with Gasteiger partial charge in [-0.05, 0) is 12.8 Å². The van der Waals surface area contributed by atoms with Gasteiger partial charge in [0.05, 0.1) is 18.8 Å². The van der Waals surface area contributed by atoms with Crippen LogP contribution in [0.15, 0.2) is 0 Å². The second-order valence-corrected chi connectivity index (χ2v) is 13.7. The average Bonchev–Trinajstić information content (AvgIpc) is 3.01. The normalized spacial score (nSPS) is 12.9. The van der Waals surface area contributed by atoms with Gasteiger partial charge in [0.15, 0.2) is 0 Å². The molecule has 43 heavy (non-hydrogen) atoms. The van der Waals surface area contributed by atoms with Gasteiger partial charge in [-0.1, -0.05) is 206 Å². The molecule has 0 saturated heterocycles. The molecule has 0 aromatic rings. The Bertz CT molecular complexity index is 541. The minimum absolute atomic E-state index is 0.0323. The molecule has 0 spiro atoms. The molecule has 0 fully saturated rings. The molecule has 0 saturated carbocycles. The summed E-state index contributed by atoms with van der Waals surface area (Å²) in [6, 6.07) is -0.527. The van der Waals surface area contributed by atoms with Crippen LogP contribution in [0.1, 0.15) is 226 Å². The summed E-state index contributed by atoms with van der Waals surface area (Å²) in [6.07, 6.45) is 41.8. The van der Waals surface area contributed by atoms with Crippen molar-refractivity contribution in [2.45, 2.75) is 238 Å². The fourth-order valence-corrected chi connectivity index (χ4v) is 6.30. The van der Waals surface area contributed by atoms with Crippen LogP contribution in [-0.2, 0) is 4.79 Å². The first-order valence-electron chi connectivity index (χ1n) is 19.7. The minimum Gasteiger partial charge on any atom is -0.394 e. The van der Waals surface area contributed by atoms with Gasteiger partial charge in [0.1, 0.15) is 0 Å². The molecule has 0 bridgehead atoms. The Morgan fingerprint density at radius 1 is 0.465 bits per heavy atom. The number of nitrogens with one attached hydrogen (secondary N) is 1. The smallest absolute Gasteiger partial charge is 0.220 e. The molecule has 3 N–H and O–H groups in total. The average molecular weight is 610 g/mol. The van der Waals surface area contributed by atoms with E-state index in [9.17, 15) is 15.0 Å². The van der Waals surface area contributed by atoms with Gasteiger partial charge in [0.2, 0.25) is 5.91 Å². The van der Waals surface area contributed by atoms with Crippen molar-refractivity contribution in [1.29, 1.82) is 0 Å². The number of unbranched alkanes of at least 4 members (excludes halogenated alkanes) is 29. The number of hydrogen-bond acceptors (Lipinski definition) is 3. The van der Waals surface area contributed by atoms with E-state index in [4.69, 9.17) is 0 Å². The van der Waals surface area contributed by atoms with Gasteiger partial charge in [-0.3, -0.25) is 4.79 Å². The summed E-state index contributed by atoms with van der Waals surface area (Å²) < 4.78 is 0. The van der Waals surface area contributed by atoms with E-state index < -0.39 is 12.1 Å². The highest BCUT2D eigenvalue weighted by Crippen LogP contribution is 2.16. The molecule has 0 aromatic carbocycles. The zero-order valence-corrected chi connectivity index (χ0v) is 29.5. The largest absolute Gasteiger partial charge is 0.394 e. The molecule has 0 aliphatic carbocycles. The van der Waals surface area contributed by atoms with Crippen LogP contribution in [0.5, 0.6) is 0 Å². The third kappa shape index (κ3) is 32.6. The SMILES string of the molecule is CCCCCCCCCCCCCCCCCCCCCCCCC(O)C(CO)NC(=O)CCCCCCCCCCC. The second kappa shape index (κ2) is 35.9. The van der Waals surface area contributed by atoms with Crippen molar-refractivity contribution in [2.75, 3.05) is 6.61 Å². The first-order chi connectivity index (χ1) is 21.2. The molecule has 258 valence electrons. The third-order valence-corrected chi connectivity index (χ3v) is 9.37. The number of aliphatic hydroxyl groups is 2. The Kier molecular flexibility index (Phi) is 35.4. The van der Waals surface area contributed by atoms with Crippen molar-refractivity contribution in [3.05, 3.63) is 0 Å². The van der Waals surface area contributed by atoms with E-state index >= 15 is 0 Å². The highest BCUT2D eigenvalue weighted by Gasteiger charge is 2.19.